The fourth-order valence-corrected chi connectivity index (χ4v) is 1.80. The molecule has 0 fully saturated rings. The van der Waals surface area contributed by atoms with Crippen molar-refractivity contribution >= 4 is 5.91 Å². The molecule has 1 aromatic heterocycles. The predicted octanol–water partition coefficient (Wildman–Crippen LogP) is 2.58. The molecule has 2 rings (SSSR count). The third-order valence-corrected chi connectivity index (χ3v) is 2.79. The van der Waals surface area contributed by atoms with Crippen LogP contribution >= 0.6 is 0 Å². The normalized spacial score (nSPS) is 11.3. The molecular formula is C14H11F4N3O2. The number of phenols is 1. The Labute approximate surface area is 128 Å². The molecule has 1 heterocycles. The van der Waals surface area contributed by atoms with E-state index in [4.69, 9.17) is 0 Å². The monoisotopic (exact) mass is 329 g/mol. The topological polar surface area (TPSA) is 75.1 Å². The molecule has 2 aromatic rings. The SMILES string of the molecule is Cc1cc(C(F)(F)F)nc(CNC(=O)c2cc(O)ccc2F)n1. The maximum Gasteiger partial charge on any atom is 0.433 e. The number of hydrogen-bond donors (Lipinski definition) is 2. The lowest BCUT2D eigenvalue weighted by atomic mass is 10.2. The first kappa shape index (κ1) is 16.7. The van der Waals surface area contributed by atoms with Crippen molar-refractivity contribution in [1.29, 1.82) is 0 Å². The van der Waals surface area contributed by atoms with Gasteiger partial charge in [-0.2, -0.15) is 13.2 Å². The van der Waals surface area contributed by atoms with Gasteiger partial charge in [-0.05, 0) is 31.2 Å². The first-order chi connectivity index (χ1) is 10.7. The molecule has 1 aromatic carbocycles. The van der Waals surface area contributed by atoms with Crippen LogP contribution in [0.3, 0.4) is 0 Å². The Morgan fingerprint density at radius 2 is 1.96 bits per heavy atom. The number of nitrogens with one attached hydrogen (secondary N) is 1. The molecule has 0 saturated heterocycles. The number of hydrogen-bond acceptors (Lipinski definition) is 4. The van der Waals surface area contributed by atoms with Crippen molar-refractivity contribution in [1.82, 2.24) is 15.3 Å². The highest BCUT2D eigenvalue weighted by Crippen LogP contribution is 2.27. The van der Waals surface area contributed by atoms with E-state index in [9.17, 15) is 27.5 Å². The molecule has 9 heteroatoms. The van der Waals surface area contributed by atoms with Crippen LogP contribution in [0.5, 0.6) is 5.75 Å². The Bertz CT molecular complexity index is 747. The van der Waals surface area contributed by atoms with E-state index in [2.05, 4.69) is 15.3 Å². The van der Waals surface area contributed by atoms with Gasteiger partial charge in [0.1, 0.15) is 23.1 Å². The van der Waals surface area contributed by atoms with Crippen LogP contribution in [0.15, 0.2) is 24.3 Å². The van der Waals surface area contributed by atoms with Crippen molar-refractivity contribution in [3.8, 4) is 5.75 Å². The summed E-state index contributed by atoms with van der Waals surface area (Å²) in [6.07, 6.45) is -4.64. The molecule has 0 spiro atoms. The van der Waals surface area contributed by atoms with Crippen molar-refractivity contribution < 1.29 is 27.5 Å². The largest absolute Gasteiger partial charge is 0.508 e. The maximum absolute atomic E-state index is 13.5. The van der Waals surface area contributed by atoms with Crippen LogP contribution in [0.2, 0.25) is 0 Å². The van der Waals surface area contributed by atoms with Crippen molar-refractivity contribution in [3.05, 3.63) is 52.9 Å². The number of phenolic OH excluding ortho intramolecular Hbond substituents is 1. The van der Waals surface area contributed by atoms with E-state index in [-0.39, 0.29) is 17.3 Å². The van der Waals surface area contributed by atoms with Gasteiger partial charge in [-0.3, -0.25) is 4.79 Å². The second-order valence-corrected chi connectivity index (χ2v) is 4.66. The molecule has 0 atom stereocenters. The van der Waals surface area contributed by atoms with Crippen LogP contribution in [0, 0.1) is 12.7 Å². The number of aromatic nitrogens is 2. The fraction of sp³-hybridized carbons (Fsp3) is 0.214. The van der Waals surface area contributed by atoms with E-state index >= 15 is 0 Å². The standard InChI is InChI=1S/C14H11F4N3O2/c1-7-4-11(14(16,17)18)21-12(20-7)6-19-13(23)9-5-8(22)2-3-10(9)15/h2-5,22H,6H2,1H3,(H,19,23). The minimum Gasteiger partial charge on any atom is -0.508 e. The summed E-state index contributed by atoms with van der Waals surface area (Å²) in [5.74, 6) is -2.35. The quantitative estimate of drug-likeness (QED) is 0.849. The summed E-state index contributed by atoms with van der Waals surface area (Å²) < 4.78 is 51.4. The number of halogens is 4. The van der Waals surface area contributed by atoms with Crippen molar-refractivity contribution in [3.63, 3.8) is 0 Å². The fourth-order valence-electron chi connectivity index (χ4n) is 1.80. The zero-order chi connectivity index (χ0) is 17.2. The van der Waals surface area contributed by atoms with E-state index in [0.717, 1.165) is 24.3 Å². The number of amides is 1. The number of aromatic hydroxyl groups is 1. The second-order valence-electron chi connectivity index (χ2n) is 4.66. The number of nitrogens with zero attached hydrogens (tertiary/aromatic N) is 2. The molecule has 0 aliphatic heterocycles. The van der Waals surface area contributed by atoms with E-state index in [1.54, 1.807) is 0 Å². The molecule has 0 bridgehead atoms. The summed E-state index contributed by atoms with van der Waals surface area (Å²) in [7, 11) is 0. The molecule has 0 aliphatic carbocycles. The summed E-state index contributed by atoms with van der Waals surface area (Å²) in [4.78, 5) is 18.9. The van der Waals surface area contributed by atoms with Crippen LogP contribution in [0.1, 0.15) is 27.6 Å². The summed E-state index contributed by atoms with van der Waals surface area (Å²) >= 11 is 0. The third-order valence-electron chi connectivity index (χ3n) is 2.79. The Kier molecular flexibility index (Phi) is 4.48. The van der Waals surface area contributed by atoms with Gasteiger partial charge in [-0.25, -0.2) is 14.4 Å². The Morgan fingerprint density at radius 1 is 1.26 bits per heavy atom. The van der Waals surface area contributed by atoms with Crippen molar-refractivity contribution in [2.45, 2.75) is 19.6 Å². The number of alkyl halides is 3. The van der Waals surface area contributed by atoms with Gasteiger partial charge >= 0.3 is 6.18 Å². The van der Waals surface area contributed by atoms with Crippen LogP contribution in [0.4, 0.5) is 17.6 Å². The van der Waals surface area contributed by atoms with Gasteiger partial charge in [0, 0.05) is 5.69 Å². The zero-order valence-corrected chi connectivity index (χ0v) is 11.8. The number of aryl methyl sites for hydroxylation is 1. The van der Waals surface area contributed by atoms with E-state index in [1.165, 1.54) is 6.92 Å². The number of carbonyl (C=O) groups excluding carboxylic acids is 1. The van der Waals surface area contributed by atoms with Crippen LogP contribution in [0.25, 0.3) is 0 Å². The maximum atomic E-state index is 13.5. The van der Waals surface area contributed by atoms with Gasteiger partial charge in [0.15, 0.2) is 0 Å². The summed E-state index contributed by atoms with van der Waals surface area (Å²) in [6, 6.07) is 3.64. The summed E-state index contributed by atoms with van der Waals surface area (Å²) in [5.41, 5.74) is -1.48. The molecule has 23 heavy (non-hydrogen) atoms. The second kappa shape index (κ2) is 6.19. The van der Waals surface area contributed by atoms with Gasteiger partial charge < -0.3 is 10.4 Å². The molecule has 2 N–H and O–H groups in total. The zero-order valence-electron chi connectivity index (χ0n) is 11.8. The average molecular weight is 329 g/mol. The molecule has 1 amide bonds. The molecule has 5 nitrogen and oxygen atoms in total. The Hall–Kier alpha value is -2.71. The van der Waals surface area contributed by atoms with Crippen molar-refractivity contribution in [2.75, 3.05) is 0 Å². The van der Waals surface area contributed by atoms with Gasteiger partial charge in [0.25, 0.3) is 5.91 Å². The Balaban J connectivity index is 2.16. The van der Waals surface area contributed by atoms with Gasteiger partial charge in [0.2, 0.25) is 0 Å². The summed E-state index contributed by atoms with van der Waals surface area (Å²) in [6.45, 7) is 0.940. The van der Waals surface area contributed by atoms with Crippen LogP contribution in [-0.2, 0) is 12.7 Å². The molecule has 0 radical (unpaired) electrons. The molecule has 0 aliphatic rings. The average Bonchev–Trinajstić information content (AvgIpc) is 2.46. The predicted molar refractivity (Wildman–Crippen MR) is 71.0 cm³/mol. The minimum atomic E-state index is -4.64. The first-order valence-corrected chi connectivity index (χ1v) is 6.35. The van der Waals surface area contributed by atoms with Crippen LogP contribution in [-0.4, -0.2) is 21.0 Å². The highest BCUT2D eigenvalue weighted by Gasteiger charge is 2.33. The third kappa shape index (κ3) is 4.15. The van der Waals surface area contributed by atoms with Gasteiger partial charge in [-0.15, -0.1) is 0 Å². The van der Waals surface area contributed by atoms with Gasteiger partial charge in [0.05, 0.1) is 12.1 Å². The molecule has 0 saturated carbocycles. The Morgan fingerprint density at radius 3 is 2.61 bits per heavy atom. The lowest BCUT2D eigenvalue weighted by molar-refractivity contribution is -0.141. The lowest BCUT2D eigenvalue weighted by Gasteiger charge is -2.10. The highest BCUT2D eigenvalue weighted by atomic mass is 19.4. The molecule has 0 unspecified atom stereocenters. The lowest BCUT2D eigenvalue weighted by Crippen LogP contribution is -2.25. The van der Waals surface area contributed by atoms with E-state index < -0.39 is 35.7 Å². The highest BCUT2D eigenvalue weighted by molar-refractivity contribution is 5.94. The summed E-state index contributed by atoms with van der Waals surface area (Å²) in [5, 5.41) is 11.4. The van der Waals surface area contributed by atoms with E-state index in [0.29, 0.717) is 0 Å². The first-order valence-electron chi connectivity index (χ1n) is 6.35. The number of rotatable bonds is 3. The minimum absolute atomic E-state index is 0.0834. The van der Waals surface area contributed by atoms with Gasteiger partial charge in [-0.1, -0.05) is 0 Å². The van der Waals surface area contributed by atoms with E-state index in [1.807, 2.05) is 0 Å². The number of benzene rings is 1. The number of carbonyl (C=O) groups is 1. The molecule has 122 valence electrons. The smallest absolute Gasteiger partial charge is 0.433 e. The molecular weight excluding hydrogens is 318 g/mol. The van der Waals surface area contributed by atoms with Crippen LogP contribution < -0.4 is 5.32 Å². The van der Waals surface area contributed by atoms with Crippen molar-refractivity contribution in [2.24, 2.45) is 0 Å².